The summed E-state index contributed by atoms with van der Waals surface area (Å²) >= 11 is 12.3. The molecule has 33 heavy (non-hydrogen) atoms. The number of anilines is 1. The van der Waals surface area contributed by atoms with Crippen LogP contribution in [0.15, 0.2) is 36.4 Å². The molecule has 2 heterocycles. The molecule has 4 atom stereocenters. The van der Waals surface area contributed by atoms with Gasteiger partial charge < -0.3 is 10.4 Å². The molecule has 0 aromatic heterocycles. The molecule has 3 N–H and O–H groups in total. The Morgan fingerprint density at radius 2 is 1.97 bits per heavy atom. The average Bonchev–Trinajstić information content (AvgIpc) is 3.19. The van der Waals surface area contributed by atoms with Gasteiger partial charge in [0.15, 0.2) is 0 Å². The van der Waals surface area contributed by atoms with Gasteiger partial charge in [0.05, 0.1) is 5.02 Å². The molecule has 1 spiro atoms. The summed E-state index contributed by atoms with van der Waals surface area (Å²) in [6, 6.07) is 7.85. The zero-order chi connectivity index (χ0) is 24.1. The molecule has 5 nitrogen and oxygen atoms in total. The number of carbonyl (C=O) groups excluding carboxylic acids is 1. The van der Waals surface area contributed by atoms with Crippen LogP contribution in [0.1, 0.15) is 57.1 Å². The van der Waals surface area contributed by atoms with Crippen LogP contribution >= 0.6 is 23.2 Å². The van der Waals surface area contributed by atoms with Gasteiger partial charge in [0.1, 0.15) is 17.3 Å². The molecule has 0 bridgehead atoms. The monoisotopic (exact) mass is 492 g/mol. The van der Waals surface area contributed by atoms with E-state index in [4.69, 9.17) is 23.2 Å². The smallest absolute Gasteiger partial charge is 0.321 e. The fraction of sp³-hybridized carbons (Fsp3) is 0.440. The third-order valence-corrected chi connectivity index (χ3v) is 7.60. The number of fused-ring (bicyclic) bond motifs is 2. The molecule has 8 heteroatoms. The first-order valence-corrected chi connectivity index (χ1v) is 11.8. The van der Waals surface area contributed by atoms with Gasteiger partial charge in [-0.15, -0.1) is 0 Å². The third kappa shape index (κ3) is 3.82. The van der Waals surface area contributed by atoms with E-state index in [1.807, 2.05) is 0 Å². The van der Waals surface area contributed by atoms with E-state index in [-0.39, 0.29) is 21.9 Å². The predicted molar refractivity (Wildman–Crippen MR) is 128 cm³/mol. The molecule has 1 saturated heterocycles. The molecule has 2 aliphatic heterocycles. The fourth-order valence-electron chi connectivity index (χ4n) is 5.86. The van der Waals surface area contributed by atoms with Crippen molar-refractivity contribution < 1.29 is 19.1 Å². The molecule has 2 aromatic rings. The summed E-state index contributed by atoms with van der Waals surface area (Å²) in [7, 11) is 0. The molecule has 0 unspecified atom stereocenters. The van der Waals surface area contributed by atoms with Crippen LogP contribution in [0.5, 0.6) is 0 Å². The van der Waals surface area contributed by atoms with E-state index in [0.29, 0.717) is 22.7 Å². The van der Waals surface area contributed by atoms with Crippen molar-refractivity contribution in [2.75, 3.05) is 5.32 Å². The summed E-state index contributed by atoms with van der Waals surface area (Å²) in [4.78, 5) is 26.3. The number of carbonyl (C=O) groups is 2. The Morgan fingerprint density at radius 1 is 1.24 bits per heavy atom. The number of nitrogens with one attached hydrogen (secondary N) is 2. The minimum Gasteiger partial charge on any atom is -0.480 e. The van der Waals surface area contributed by atoms with Crippen molar-refractivity contribution >= 4 is 40.8 Å². The lowest BCUT2D eigenvalue weighted by Gasteiger charge is -2.38. The van der Waals surface area contributed by atoms with Crippen LogP contribution in [0.25, 0.3) is 0 Å². The maximum absolute atomic E-state index is 15.4. The molecule has 1 amide bonds. The second-order valence-electron chi connectivity index (χ2n) is 9.79. The number of aliphatic carboxylic acids is 1. The highest BCUT2D eigenvalue weighted by molar-refractivity contribution is 6.31. The number of hydrogen-bond acceptors (Lipinski definition) is 3. The van der Waals surface area contributed by atoms with E-state index >= 15 is 4.39 Å². The van der Waals surface area contributed by atoms with Crippen LogP contribution in [0.2, 0.25) is 10.0 Å². The van der Waals surface area contributed by atoms with Crippen molar-refractivity contribution in [3.8, 4) is 0 Å². The minimum atomic E-state index is -1.35. The van der Waals surface area contributed by atoms with E-state index in [9.17, 15) is 14.7 Å². The lowest BCUT2D eigenvalue weighted by molar-refractivity contribution is -0.139. The molecular formula is C25H27Cl2FN2O3. The maximum atomic E-state index is 15.4. The van der Waals surface area contributed by atoms with Crippen LogP contribution in [0.4, 0.5) is 10.1 Å². The maximum Gasteiger partial charge on any atom is 0.321 e. The van der Waals surface area contributed by atoms with Gasteiger partial charge in [0.25, 0.3) is 0 Å². The minimum absolute atomic E-state index is 0.108. The largest absolute Gasteiger partial charge is 0.480 e. The van der Waals surface area contributed by atoms with Gasteiger partial charge in [0.2, 0.25) is 5.91 Å². The topological polar surface area (TPSA) is 78.4 Å². The number of amides is 1. The van der Waals surface area contributed by atoms with Crippen LogP contribution in [-0.4, -0.2) is 29.1 Å². The number of carboxylic acids is 1. The fourth-order valence-corrected chi connectivity index (χ4v) is 6.21. The van der Waals surface area contributed by atoms with E-state index < -0.39 is 35.2 Å². The van der Waals surface area contributed by atoms with Crippen molar-refractivity contribution in [2.45, 2.75) is 63.5 Å². The Bertz CT molecular complexity index is 1120. The highest BCUT2D eigenvalue weighted by Crippen LogP contribution is 2.57. The van der Waals surface area contributed by atoms with Gasteiger partial charge in [-0.05, 0) is 47.6 Å². The molecule has 2 aromatic carbocycles. The molecule has 1 fully saturated rings. The van der Waals surface area contributed by atoms with E-state index in [1.54, 1.807) is 24.3 Å². The second kappa shape index (κ2) is 8.57. The van der Waals surface area contributed by atoms with E-state index in [2.05, 4.69) is 31.4 Å². The summed E-state index contributed by atoms with van der Waals surface area (Å²) in [5.74, 6) is -3.23. The number of halogens is 3. The number of carboxylic acid groups (broad SMARTS) is 1. The van der Waals surface area contributed by atoms with Gasteiger partial charge >= 0.3 is 5.97 Å². The summed E-state index contributed by atoms with van der Waals surface area (Å²) in [6.07, 6.45) is 2.36. The quantitative estimate of drug-likeness (QED) is 0.479. The van der Waals surface area contributed by atoms with Crippen molar-refractivity contribution in [3.63, 3.8) is 0 Å². The van der Waals surface area contributed by atoms with Crippen LogP contribution in [0, 0.1) is 11.2 Å². The zero-order valence-corrected chi connectivity index (χ0v) is 20.2. The lowest BCUT2D eigenvalue weighted by Crippen LogP contribution is -2.50. The highest BCUT2D eigenvalue weighted by Gasteiger charge is 2.66. The Labute approximate surface area is 202 Å². The Balaban J connectivity index is 2.00. The number of rotatable bonds is 6. The summed E-state index contributed by atoms with van der Waals surface area (Å²) < 4.78 is 15.4. The summed E-state index contributed by atoms with van der Waals surface area (Å²) in [5, 5.41) is 16.6. The van der Waals surface area contributed by atoms with Crippen molar-refractivity contribution in [2.24, 2.45) is 5.41 Å². The van der Waals surface area contributed by atoms with Crippen LogP contribution in [0.3, 0.4) is 0 Å². The van der Waals surface area contributed by atoms with Gasteiger partial charge in [-0.25, -0.2) is 4.39 Å². The van der Waals surface area contributed by atoms with Crippen molar-refractivity contribution in [3.05, 3.63) is 63.4 Å². The van der Waals surface area contributed by atoms with Gasteiger partial charge in [0, 0.05) is 22.7 Å². The first kappa shape index (κ1) is 24.0. The molecule has 0 saturated carbocycles. The molecule has 0 aliphatic carbocycles. The standard InChI is InChI=1S/C25H27Cl2FN2O3/c1-4-10-24(2,3)12-18-25(15-9-8-13(26)11-17(15)29-23(25)33)19(21(30-18)22(31)32)14-6-5-7-16(27)20(14)28/h5-9,11,18-19,21,30H,4,10,12H2,1-3H3,(H,29,33)(H,31,32)/t18-,19+,21-,25+/m1/s1. The first-order valence-electron chi connectivity index (χ1n) is 11.1. The van der Waals surface area contributed by atoms with Crippen molar-refractivity contribution in [1.29, 1.82) is 0 Å². The molecule has 0 radical (unpaired) electrons. The first-order chi connectivity index (χ1) is 15.5. The Hall–Kier alpha value is -2.15. The Morgan fingerprint density at radius 3 is 2.64 bits per heavy atom. The number of benzene rings is 2. The molecule has 2 aliphatic rings. The second-order valence-corrected chi connectivity index (χ2v) is 10.6. The van der Waals surface area contributed by atoms with Gasteiger partial charge in [-0.2, -0.15) is 0 Å². The molecule has 176 valence electrons. The SMILES string of the molecule is CCCC(C)(C)C[C@H]1N[C@@H](C(=O)O)[C@H](c2cccc(Cl)c2F)[C@@]12C(=O)Nc1cc(Cl)ccc12. The van der Waals surface area contributed by atoms with Crippen molar-refractivity contribution in [1.82, 2.24) is 5.32 Å². The van der Waals surface area contributed by atoms with E-state index in [0.717, 1.165) is 12.8 Å². The van der Waals surface area contributed by atoms with E-state index in [1.165, 1.54) is 12.1 Å². The average molecular weight is 493 g/mol. The van der Waals surface area contributed by atoms with Gasteiger partial charge in [-0.1, -0.05) is 68.6 Å². The van der Waals surface area contributed by atoms with Gasteiger partial charge in [-0.3, -0.25) is 14.9 Å². The predicted octanol–water partition coefficient (Wildman–Crippen LogP) is 5.75. The molecular weight excluding hydrogens is 466 g/mol. The van der Waals surface area contributed by atoms with Crippen LogP contribution in [-0.2, 0) is 15.0 Å². The number of hydrogen-bond donors (Lipinski definition) is 3. The summed E-state index contributed by atoms with van der Waals surface area (Å²) in [6.45, 7) is 6.29. The molecule has 4 rings (SSSR count). The van der Waals surface area contributed by atoms with Crippen LogP contribution < -0.4 is 10.6 Å². The lowest BCUT2D eigenvalue weighted by atomic mass is 9.62. The highest BCUT2D eigenvalue weighted by atomic mass is 35.5. The normalized spacial score (nSPS) is 26.5. The third-order valence-electron chi connectivity index (χ3n) is 7.07. The Kier molecular flexibility index (Phi) is 6.23. The zero-order valence-electron chi connectivity index (χ0n) is 18.7. The summed E-state index contributed by atoms with van der Waals surface area (Å²) in [5.41, 5.74) is -0.281.